The van der Waals surface area contributed by atoms with Gasteiger partial charge in [0.2, 0.25) is 5.91 Å². The average Bonchev–Trinajstić information content (AvgIpc) is 2.98. The molecule has 2 aliphatic heterocycles. The summed E-state index contributed by atoms with van der Waals surface area (Å²) in [4.78, 5) is 19.5. The highest BCUT2D eigenvalue weighted by Crippen LogP contribution is 2.31. The molecule has 1 atom stereocenters. The minimum Gasteiger partial charge on any atom is -0.368 e. The maximum Gasteiger partial charge on any atom is 0.242 e. The maximum absolute atomic E-state index is 12.8. The molecule has 1 fully saturated rings. The number of amides is 1. The lowest BCUT2D eigenvalue weighted by molar-refractivity contribution is -0.130. The summed E-state index contributed by atoms with van der Waals surface area (Å²) in [6.07, 6.45) is 1.03. The lowest BCUT2D eigenvalue weighted by Crippen LogP contribution is -2.51. The van der Waals surface area contributed by atoms with Crippen molar-refractivity contribution in [2.45, 2.75) is 19.4 Å². The summed E-state index contributed by atoms with van der Waals surface area (Å²) in [5.74, 6) is 0.247. The van der Waals surface area contributed by atoms with Crippen molar-refractivity contribution >= 4 is 17.3 Å². The maximum atomic E-state index is 12.8. The minimum absolute atomic E-state index is 0.247. The fourth-order valence-corrected chi connectivity index (χ4v) is 3.97. The van der Waals surface area contributed by atoms with Gasteiger partial charge in [0.05, 0.1) is 6.54 Å². The monoisotopic (exact) mass is 335 g/mol. The van der Waals surface area contributed by atoms with Crippen molar-refractivity contribution < 1.29 is 4.79 Å². The van der Waals surface area contributed by atoms with Crippen molar-refractivity contribution in [1.29, 1.82) is 0 Å². The van der Waals surface area contributed by atoms with E-state index in [1.54, 1.807) is 0 Å². The van der Waals surface area contributed by atoms with Crippen LogP contribution in [0.3, 0.4) is 0 Å². The summed E-state index contributed by atoms with van der Waals surface area (Å²) in [6, 6.07) is 19.3. The van der Waals surface area contributed by atoms with E-state index in [9.17, 15) is 4.79 Å². The quantitative estimate of drug-likeness (QED) is 0.863. The first kappa shape index (κ1) is 16.0. The van der Waals surface area contributed by atoms with Crippen LogP contribution in [0.15, 0.2) is 54.6 Å². The van der Waals surface area contributed by atoms with Crippen LogP contribution in [0.4, 0.5) is 11.4 Å². The Morgan fingerprint density at radius 2 is 1.64 bits per heavy atom. The van der Waals surface area contributed by atoms with Crippen LogP contribution in [0.5, 0.6) is 0 Å². The second kappa shape index (κ2) is 6.79. The Kier molecular flexibility index (Phi) is 4.35. The van der Waals surface area contributed by atoms with Gasteiger partial charge in [0, 0.05) is 43.6 Å². The van der Waals surface area contributed by atoms with Crippen molar-refractivity contribution in [2.24, 2.45) is 0 Å². The van der Waals surface area contributed by atoms with E-state index in [1.165, 1.54) is 16.9 Å². The number of carbonyl (C=O) groups excluding carboxylic acids is 1. The number of para-hydroxylation sites is 2. The van der Waals surface area contributed by atoms with Crippen LogP contribution in [0.2, 0.25) is 0 Å². The Bertz CT molecular complexity index is 738. The number of hydrogen-bond donors (Lipinski definition) is 0. The van der Waals surface area contributed by atoms with Gasteiger partial charge in [-0.1, -0.05) is 36.4 Å². The fraction of sp³-hybridized carbons (Fsp3) is 0.381. The van der Waals surface area contributed by atoms with Crippen molar-refractivity contribution in [3.05, 3.63) is 60.2 Å². The number of anilines is 2. The third kappa shape index (κ3) is 3.21. The Labute approximate surface area is 149 Å². The Morgan fingerprint density at radius 1 is 0.960 bits per heavy atom. The highest BCUT2D eigenvalue weighted by molar-refractivity contribution is 5.83. The van der Waals surface area contributed by atoms with Gasteiger partial charge < -0.3 is 14.7 Å². The molecule has 1 unspecified atom stereocenters. The lowest BCUT2D eigenvalue weighted by atomic mass is 10.1. The molecule has 2 aliphatic rings. The molecule has 4 rings (SSSR count). The summed E-state index contributed by atoms with van der Waals surface area (Å²) in [5, 5.41) is 0. The smallest absolute Gasteiger partial charge is 0.242 e. The molecule has 2 aromatic rings. The molecule has 25 heavy (non-hydrogen) atoms. The molecule has 1 saturated heterocycles. The van der Waals surface area contributed by atoms with Gasteiger partial charge in [-0.25, -0.2) is 0 Å². The van der Waals surface area contributed by atoms with E-state index in [4.69, 9.17) is 0 Å². The summed E-state index contributed by atoms with van der Waals surface area (Å²) >= 11 is 0. The second-order valence-electron chi connectivity index (χ2n) is 7.01. The zero-order valence-corrected chi connectivity index (χ0v) is 14.8. The summed E-state index contributed by atoms with van der Waals surface area (Å²) in [6.45, 7) is 6.11. The number of nitrogens with zero attached hydrogens (tertiary/aromatic N) is 3. The number of hydrogen-bond acceptors (Lipinski definition) is 3. The van der Waals surface area contributed by atoms with Crippen LogP contribution in [0.25, 0.3) is 0 Å². The van der Waals surface area contributed by atoms with Crippen molar-refractivity contribution in [1.82, 2.24) is 4.90 Å². The van der Waals surface area contributed by atoms with Crippen LogP contribution in [0.1, 0.15) is 12.5 Å². The van der Waals surface area contributed by atoms with Gasteiger partial charge in [0.15, 0.2) is 0 Å². The third-order valence-corrected chi connectivity index (χ3v) is 5.41. The Balaban J connectivity index is 1.37. The van der Waals surface area contributed by atoms with Crippen LogP contribution in [-0.4, -0.2) is 49.6 Å². The fourth-order valence-electron chi connectivity index (χ4n) is 3.97. The van der Waals surface area contributed by atoms with Crippen molar-refractivity contribution in [3.63, 3.8) is 0 Å². The number of carbonyl (C=O) groups is 1. The molecule has 4 heteroatoms. The van der Waals surface area contributed by atoms with Crippen LogP contribution >= 0.6 is 0 Å². The molecule has 0 aromatic heterocycles. The highest BCUT2D eigenvalue weighted by atomic mass is 16.2. The van der Waals surface area contributed by atoms with Crippen LogP contribution in [0, 0.1) is 0 Å². The molecule has 0 spiro atoms. The van der Waals surface area contributed by atoms with E-state index in [1.807, 2.05) is 11.0 Å². The average molecular weight is 335 g/mol. The first-order valence-corrected chi connectivity index (χ1v) is 9.15. The van der Waals surface area contributed by atoms with Crippen molar-refractivity contribution in [2.75, 3.05) is 42.5 Å². The van der Waals surface area contributed by atoms with E-state index in [0.29, 0.717) is 12.6 Å². The van der Waals surface area contributed by atoms with E-state index in [0.717, 1.165) is 32.6 Å². The van der Waals surface area contributed by atoms with E-state index < -0.39 is 0 Å². The number of fused-ring (bicyclic) bond motifs is 1. The van der Waals surface area contributed by atoms with Gasteiger partial charge in [0.25, 0.3) is 0 Å². The second-order valence-corrected chi connectivity index (χ2v) is 7.01. The third-order valence-electron chi connectivity index (χ3n) is 5.41. The van der Waals surface area contributed by atoms with Gasteiger partial charge in [-0.15, -0.1) is 0 Å². The molecule has 2 heterocycles. The Hall–Kier alpha value is -2.49. The molecule has 130 valence electrons. The topological polar surface area (TPSA) is 26.8 Å². The normalized spacial score (nSPS) is 19.9. The first-order chi connectivity index (χ1) is 12.2. The number of rotatable bonds is 3. The highest BCUT2D eigenvalue weighted by Gasteiger charge is 2.29. The molecule has 0 N–H and O–H groups in total. The minimum atomic E-state index is 0.247. The van der Waals surface area contributed by atoms with Gasteiger partial charge in [0.1, 0.15) is 0 Å². The first-order valence-electron chi connectivity index (χ1n) is 9.15. The van der Waals surface area contributed by atoms with E-state index >= 15 is 0 Å². The lowest BCUT2D eigenvalue weighted by Gasteiger charge is -2.37. The summed E-state index contributed by atoms with van der Waals surface area (Å²) < 4.78 is 0. The van der Waals surface area contributed by atoms with Gasteiger partial charge in [-0.2, -0.15) is 0 Å². The van der Waals surface area contributed by atoms with Crippen molar-refractivity contribution in [3.8, 4) is 0 Å². The molecular weight excluding hydrogens is 310 g/mol. The summed E-state index contributed by atoms with van der Waals surface area (Å²) in [7, 11) is 0. The molecule has 0 radical (unpaired) electrons. The summed E-state index contributed by atoms with van der Waals surface area (Å²) in [5.41, 5.74) is 3.83. The zero-order valence-electron chi connectivity index (χ0n) is 14.8. The molecular formula is C21H25N3O. The number of piperazine rings is 1. The van der Waals surface area contributed by atoms with Crippen LogP contribution in [-0.2, 0) is 11.2 Å². The Morgan fingerprint density at radius 3 is 2.40 bits per heavy atom. The largest absolute Gasteiger partial charge is 0.368 e. The van der Waals surface area contributed by atoms with E-state index in [-0.39, 0.29) is 5.91 Å². The van der Waals surface area contributed by atoms with Crippen LogP contribution < -0.4 is 9.80 Å². The molecule has 0 aliphatic carbocycles. The van der Waals surface area contributed by atoms with Gasteiger partial charge >= 0.3 is 0 Å². The van der Waals surface area contributed by atoms with E-state index in [2.05, 4.69) is 65.3 Å². The van der Waals surface area contributed by atoms with Gasteiger partial charge in [-0.3, -0.25) is 4.79 Å². The molecule has 2 aromatic carbocycles. The molecule has 0 saturated carbocycles. The van der Waals surface area contributed by atoms with Gasteiger partial charge in [-0.05, 0) is 37.1 Å². The predicted octanol–water partition coefficient (Wildman–Crippen LogP) is 2.79. The molecule has 4 nitrogen and oxygen atoms in total. The standard InChI is InChI=1S/C21H25N3O/c1-17-15-18-7-5-6-10-20(18)24(17)16-21(25)23-13-11-22(12-14-23)19-8-3-2-4-9-19/h2-10,17H,11-16H2,1H3. The molecule has 0 bridgehead atoms. The molecule has 1 amide bonds. The predicted molar refractivity (Wildman–Crippen MR) is 102 cm³/mol. The number of benzene rings is 2. The zero-order chi connectivity index (χ0) is 17.2. The SMILES string of the molecule is CC1Cc2ccccc2N1CC(=O)N1CCN(c2ccccc2)CC1.